The molecule has 0 aliphatic carbocycles. The minimum absolute atomic E-state index is 0.586. The van der Waals surface area contributed by atoms with Crippen LogP contribution in [0.2, 0.25) is 0 Å². The molecule has 0 amide bonds. The largest absolute Gasteiger partial charge is 0.454 e. The van der Waals surface area contributed by atoms with Crippen molar-refractivity contribution in [3.05, 3.63) is 182 Å². The van der Waals surface area contributed by atoms with Crippen molar-refractivity contribution in [2.45, 2.75) is 0 Å². The lowest BCUT2D eigenvalue weighted by molar-refractivity contribution is 0.666. The number of aromatic nitrogens is 4. The van der Waals surface area contributed by atoms with Gasteiger partial charge in [-0.25, -0.2) is 15.0 Å². The van der Waals surface area contributed by atoms with Crippen LogP contribution in [-0.2, 0) is 0 Å². The van der Waals surface area contributed by atoms with Crippen molar-refractivity contribution in [1.82, 2.24) is 19.5 Å². The van der Waals surface area contributed by atoms with Crippen LogP contribution in [0.25, 0.3) is 115 Å². The predicted octanol–water partition coefficient (Wildman–Crippen LogP) is 13.9. The van der Waals surface area contributed by atoms with E-state index in [0.717, 1.165) is 61.0 Å². The molecule has 0 saturated heterocycles. The van der Waals surface area contributed by atoms with Crippen molar-refractivity contribution < 1.29 is 4.42 Å². The number of para-hydroxylation sites is 2. The van der Waals surface area contributed by atoms with Crippen LogP contribution in [0.3, 0.4) is 0 Å². The maximum Gasteiger partial charge on any atom is 0.164 e. The molecule has 0 bridgehead atoms. The van der Waals surface area contributed by atoms with Gasteiger partial charge in [-0.05, 0) is 41.5 Å². The van der Waals surface area contributed by atoms with Crippen molar-refractivity contribution in [3.8, 4) is 51.0 Å². The Labute approximate surface area is 330 Å². The summed E-state index contributed by atoms with van der Waals surface area (Å²) in [6.45, 7) is 0. The summed E-state index contributed by atoms with van der Waals surface area (Å²) in [5.74, 6) is 1.81. The van der Waals surface area contributed by atoms with Gasteiger partial charge in [0, 0.05) is 53.7 Å². The zero-order valence-corrected chi connectivity index (χ0v) is 31.2. The van der Waals surface area contributed by atoms with Crippen LogP contribution in [0.15, 0.2) is 186 Å². The molecule has 266 valence electrons. The van der Waals surface area contributed by atoms with Gasteiger partial charge < -0.3 is 8.98 Å². The van der Waals surface area contributed by atoms with E-state index in [0.29, 0.717) is 17.5 Å². The summed E-state index contributed by atoms with van der Waals surface area (Å²) >= 11 is 1.85. The van der Waals surface area contributed by atoms with Crippen LogP contribution in [0.1, 0.15) is 0 Å². The number of benzene rings is 8. The Balaban J connectivity index is 1.19. The third-order valence-electron chi connectivity index (χ3n) is 11.0. The van der Waals surface area contributed by atoms with E-state index in [1.165, 1.54) is 36.5 Å². The Morgan fingerprint density at radius 2 is 1.04 bits per heavy atom. The number of hydrogen-bond donors (Lipinski definition) is 0. The molecule has 0 fully saturated rings. The van der Waals surface area contributed by atoms with Gasteiger partial charge in [0.2, 0.25) is 0 Å². The normalized spacial score (nSPS) is 11.9. The molecule has 0 radical (unpaired) electrons. The molecule has 4 aromatic heterocycles. The molecule has 0 aliphatic rings. The van der Waals surface area contributed by atoms with Crippen LogP contribution in [-0.4, -0.2) is 19.5 Å². The lowest BCUT2D eigenvalue weighted by Crippen LogP contribution is -2.00. The predicted molar refractivity (Wildman–Crippen MR) is 236 cm³/mol. The molecule has 0 aliphatic heterocycles. The Morgan fingerprint density at radius 3 is 1.77 bits per heavy atom. The average Bonchev–Trinajstić information content (AvgIpc) is 3.97. The van der Waals surface area contributed by atoms with Crippen LogP contribution in [0.5, 0.6) is 0 Å². The minimum atomic E-state index is 0.586. The molecule has 0 N–H and O–H groups in total. The first-order chi connectivity index (χ1) is 28.3. The fourth-order valence-corrected chi connectivity index (χ4v) is 9.71. The Hall–Kier alpha value is -7.41. The van der Waals surface area contributed by atoms with Crippen molar-refractivity contribution >= 4 is 75.3 Å². The molecule has 0 atom stereocenters. The van der Waals surface area contributed by atoms with E-state index in [-0.39, 0.29) is 0 Å². The molecule has 0 spiro atoms. The molecule has 0 saturated carbocycles. The third kappa shape index (κ3) is 4.98. The molecule has 4 heterocycles. The van der Waals surface area contributed by atoms with E-state index in [1.807, 2.05) is 78.1 Å². The summed E-state index contributed by atoms with van der Waals surface area (Å²) < 4.78 is 12.1. The van der Waals surface area contributed by atoms with Crippen LogP contribution < -0.4 is 0 Å². The summed E-state index contributed by atoms with van der Waals surface area (Å²) in [6, 6.07) is 63.5. The molecule has 5 nitrogen and oxygen atoms in total. The highest BCUT2D eigenvalue weighted by Gasteiger charge is 2.24. The molecule has 0 unspecified atom stereocenters. The second-order valence-corrected chi connectivity index (χ2v) is 15.4. The van der Waals surface area contributed by atoms with Gasteiger partial charge in [0.05, 0.1) is 21.4 Å². The topological polar surface area (TPSA) is 56.7 Å². The Bertz CT molecular complexity index is 3460. The fourth-order valence-electron chi connectivity index (χ4n) is 8.47. The second-order valence-electron chi connectivity index (χ2n) is 14.3. The highest BCUT2D eigenvalue weighted by atomic mass is 32.1. The van der Waals surface area contributed by atoms with Gasteiger partial charge in [-0.1, -0.05) is 152 Å². The number of rotatable bonds is 5. The first-order valence-corrected chi connectivity index (χ1v) is 19.8. The highest BCUT2D eigenvalue weighted by Crippen LogP contribution is 2.46. The zero-order valence-electron chi connectivity index (χ0n) is 30.4. The van der Waals surface area contributed by atoms with Gasteiger partial charge in [-0.15, -0.1) is 11.3 Å². The van der Waals surface area contributed by atoms with Gasteiger partial charge in [-0.3, -0.25) is 0 Å². The van der Waals surface area contributed by atoms with E-state index in [1.54, 1.807) is 0 Å². The summed E-state index contributed by atoms with van der Waals surface area (Å²) in [5.41, 5.74) is 9.70. The number of furan rings is 1. The van der Waals surface area contributed by atoms with Crippen LogP contribution in [0, 0.1) is 0 Å². The van der Waals surface area contributed by atoms with E-state index in [2.05, 4.69) is 120 Å². The maximum absolute atomic E-state index is 7.14. The van der Waals surface area contributed by atoms with Gasteiger partial charge in [0.1, 0.15) is 5.58 Å². The fraction of sp³-hybridized carbons (Fsp3) is 0. The van der Waals surface area contributed by atoms with Gasteiger partial charge in [-0.2, -0.15) is 0 Å². The molecule has 12 aromatic rings. The van der Waals surface area contributed by atoms with Crippen LogP contribution in [0.4, 0.5) is 0 Å². The van der Waals surface area contributed by atoms with E-state index in [4.69, 9.17) is 19.4 Å². The summed E-state index contributed by atoms with van der Waals surface area (Å²) in [6.07, 6.45) is 0. The SMILES string of the molecule is c1ccc(-c2cc(-c3nc(-c4ccccc4)nc(-c4ccccc4)n3)c3c(c2)oc2c(-n4c5ccccc5c5ccc6c7ccccc7sc6c54)cccc23)cc1. The summed E-state index contributed by atoms with van der Waals surface area (Å²) in [4.78, 5) is 15.4. The molecular formula is C51H30N4OS. The summed E-state index contributed by atoms with van der Waals surface area (Å²) in [7, 11) is 0. The van der Waals surface area contributed by atoms with Crippen molar-refractivity contribution in [2.75, 3.05) is 0 Å². The van der Waals surface area contributed by atoms with Crippen molar-refractivity contribution in [1.29, 1.82) is 0 Å². The average molecular weight is 747 g/mol. The van der Waals surface area contributed by atoms with Crippen molar-refractivity contribution in [2.24, 2.45) is 0 Å². The van der Waals surface area contributed by atoms with Gasteiger partial charge >= 0.3 is 0 Å². The van der Waals surface area contributed by atoms with Crippen molar-refractivity contribution in [3.63, 3.8) is 0 Å². The number of hydrogen-bond acceptors (Lipinski definition) is 5. The monoisotopic (exact) mass is 746 g/mol. The van der Waals surface area contributed by atoms with Crippen LogP contribution >= 0.6 is 11.3 Å². The van der Waals surface area contributed by atoms with Gasteiger partial charge in [0.15, 0.2) is 23.1 Å². The zero-order chi connectivity index (χ0) is 37.5. The number of thiophene rings is 1. The first kappa shape index (κ1) is 31.9. The molecule has 6 heteroatoms. The highest BCUT2D eigenvalue weighted by molar-refractivity contribution is 7.26. The first-order valence-electron chi connectivity index (χ1n) is 19.0. The van der Waals surface area contributed by atoms with Gasteiger partial charge in [0.25, 0.3) is 0 Å². The van der Waals surface area contributed by atoms with E-state index in [9.17, 15) is 0 Å². The molecule has 8 aromatic carbocycles. The van der Waals surface area contributed by atoms with E-state index >= 15 is 0 Å². The summed E-state index contributed by atoms with van der Waals surface area (Å²) in [5, 5.41) is 6.92. The van der Waals surface area contributed by atoms with E-state index < -0.39 is 0 Å². The molecule has 57 heavy (non-hydrogen) atoms. The molecule has 12 rings (SSSR count). The standard InChI is InChI=1S/C51H30N4OS/c1-4-15-31(16-5-1)34-29-40(51-53-49(32-17-6-2-7-18-32)52-50(54-51)33-19-8-3-9-20-33)45-39-23-14-25-42(47(39)56-43(45)30-34)55-41-24-12-10-21-35(41)37-27-28-38-36-22-11-13-26-44(36)57-48(38)46(37)55/h1-30H. The Kier molecular flexibility index (Phi) is 7.03. The second kappa shape index (κ2) is 12.6. The Morgan fingerprint density at radius 1 is 0.439 bits per heavy atom. The lowest BCUT2D eigenvalue weighted by Gasteiger charge is -2.11. The smallest absolute Gasteiger partial charge is 0.164 e. The lowest BCUT2D eigenvalue weighted by atomic mass is 9.98. The third-order valence-corrected chi connectivity index (χ3v) is 12.2. The maximum atomic E-state index is 7.14. The number of fused-ring (bicyclic) bond motifs is 10. The minimum Gasteiger partial charge on any atom is -0.454 e. The number of nitrogens with zero attached hydrogens (tertiary/aromatic N) is 4. The quantitative estimate of drug-likeness (QED) is 0.176. The molecular weight excluding hydrogens is 717 g/mol.